The quantitative estimate of drug-likeness (QED) is 0.844. The third-order valence-electron chi connectivity index (χ3n) is 3.09. The van der Waals surface area contributed by atoms with E-state index in [0.29, 0.717) is 12.4 Å². The summed E-state index contributed by atoms with van der Waals surface area (Å²) in [4.78, 5) is 15.8. The van der Waals surface area contributed by atoms with Crippen LogP contribution in [-0.2, 0) is 11.3 Å². The van der Waals surface area contributed by atoms with E-state index in [-0.39, 0.29) is 11.4 Å². The fourth-order valence-electron chi connectivity index (χ4n) is 1.89. The predicted molar refractivity (Wildman–Crippen MR) is 75.4 cm³/mol. The molecule has 0 radical (unpaired) electrons. The minimum atomic E-state index is -0.489. The summed E-state index contributed by atoms with van der Waals surface area (Å²) < 4.78 is 14.9. The minimum Gasteiger partial charge on any atom is -0.480 e. The second-order valence-corrected chi connectivity index (χ2v) is 4.40. The average molecular weight is 291 g/mol. The number of aryl methyl sites for hydroxylation is 2. The molecule has 0 amide bonds. The molecule has 1 N–H and O–H groups in total. The van der Waals surface area contributed by atoms with Gasteiger partial charge in [-0.3, -0.25) is 0 Å². The smallest absolute Gasteiger partial charge is 0.343 e. The maximum absolute atomic E-state index is 11.6. The number of hydrogen-bond acceptors (Lipinski definition) is 7. The van der Waals surface area contributed by atoms with Crippen LogP contribution in [0, 0.1) is 13.8 Å². The van der Waals surface area contributed by atoms with Crippen LogP contribution in [0.4, 0.5) is 5.82 Å². The zero-order valence-corrected chi connectivity index (χ0v) is 12.4. The molecule has 0 saturated heterocycles. The molecule has 0 fully saturated rings. The Kier molecular flexibility index (Phi) is 4.42. The number of aromatic nitrogens is 2. The van der Waals surface area contributed by atoms with Crippen molar-refractivity contribution in [2.45, 2.75) is 20.4 Å². The Morgan fingerprint density at radius 1 is 1.33 bits per heavy atom. The number of hydrogen-bond donors (Lipinski definition) is 1. The molecule has 2 aromatic rings. The summed E-state index contributed by atoms with van der Waals surface area (Å²) in [5.74, 6) is 1.07. The van der Waals surface area contributed by atoms with E-state index >= 15 is 0 Å². The molecule has 0 saturated carbocycles. The molecule has 0 aliphatic heterocycles. The summed E-state index contributed by atoms with van der Waals surface area (Å²) in [6.45, 7) is 4.25. The second-order valence-electron chi connectivity index (χ2n) is 4.40. The van der Waals surface area contributed by atoms with Crippen molar-refractivity contribution < 1.29 is 18.8 Å². The first-order chi connectivity index (χ1) is 10.1. The maximum Gasteiger partial charge on any atom is 0.343 e. The van der Waals surface area contributed by atoms with Gasteiger partial charge in [-0.25, -0.2) is 4.79 Å². The van der Waals surface area contributed by atoms with E-state index < -0.39 is 5.97 Å². The number of carbonyl (C=O) groups excluding carboxylic acids is 1. The lowest BCUT2D eigenvalue weighted by molar-refractivity contribution is 0.0596. The molecule has 2 heterocycles. The van der Waals surface area contributed by atoms with Gasteiger partial charge in [-0.15, -0.1) is 0 Å². The summed E-state index contributed by atoms with van der Waals surface area (Å²) in [5.41, 5.74) is 2.09. The van der Waals surface area contributed by atoms with Crippen LogP contribution in [0.3, 0.4) is 0 Å². The lowest BCUT2D eigenvalue weighted by Crippen LogP contribution is -2.08. The van der Waals surface area contributed by atoms with Crippen molar-refractivity contribution in [3.05, 3.63) is 34.7 Å². The van der Waals surface area contributed by atoms with Crippen LogP contribution in [0.15, 0.2) is 16.7 Å². The predicted octanol–water partition coefficient (Wildman–Crippen LogP) is 2.09. The van der Waals surface area contributed by atoms with Gasteiger partial charge in [-0.05, 0) is 26.0 Å². The summed E-state index contributed by atoms with van der Waals surface area (Å²) in [6, 6.07) is 3.29. The average Bonchev–Trinajstić information content (AvgIpc) is 2.82. The van der Waals surface area contributed by atoms with Gasteiger partial charge in [0, 0.05) is 12.1 Å². The second kappa shape index (κ2) is 6.25. The Hall–Kier alpha value is -2.57. The summed E-state index contributed by atoms with van der Waals surface area (Å²) in [7, 11) is 2.76. The highest BCUT2D eigenvalue weighted by Crippen LogP contribution is 2.20. The zero-order chi connectivity index (χ0) is 15.4. The first kappa shape index (κ1) is 14.8. The van der Waals surface area contributed by atoms with Gasteiger partial charge in [-0.1, -0.05) is 5.16 Å². The van der Waals surface area contributed by atoms with Crippen molar-refractivity contribution in [3.8, 4) is 5.88 Å². The van der Waals surface area contributed by atoms with Gasteiger partial charge in [0.2, 0.25) is 5.88 Å². The third-order valence-corrected chi connectivity index (χ3v) is 3.09. The molecular weight excluding hydrogens is 274 g/mol. The highest BCUT2D eigenvalue weighted by molar-refractivity contribution is 5.92. The summed E-state index contributed by atoms with van der Waals surface area (Å²) in [6.07, 6.45) is 0. The topological polar surface area (TPSA) is 86.5 Å². The fourth-order valence-corrected chi connectivity index (χ4v) is 1.89. The Morgan fingerprint density at radius 2 is 2.10 bits per heavy atom. The van der Waals surface area contributed by atoms with Crippen LogP contribution < -0.4 is 10.1 Å². The highest BCUT2D eigenvalue weighted by Gasteiger charge is 2.15. The molecule has 7 nitrogen and oxygen atoms in total. The number of ether oxygens (including phenoxy) is 2. The Morgan fingerprint density at radius 3 is 2.67 bits per heavy atom. The molecular formula is C14H17N3O4. The highest BCUT2D eigenvalue weighted by atomic mass is 16.5. The first-order valence-corrected chi connectivity index (χ1v) is 6.35. The van der Waals surface area contributed by atoms with E-state index in [1.165, 1.54) is 14.2 Å². The molecule has 0 atom stereocenters. The van der Waals surface area contributed by atoms with E-state index in [0.717, 1.165) is 17.0 Å². The van der Waals surface area contributed by atoms with Gasteiger partial charge in [0.25, 0.3) is 0 Å². The molecule has 112 valence electrons. The van der Waals surface area contributed by atoms with Gasteiger partial charge in [0.1, 0.15) is 17.1 Å². The lowest BCUT2D eigenvalue weighted by Gasteiger charge is -2.09. The van der Waals surface area contributed by atoms with E-state index in [1.807, 2.05) is 13.8 Å². The van der Waals surface area contributed by atoms with E-state index in [9.17, 15) is 4.79 Å². The van der Waals surface area contributed by atoms with Gasteiger partial charge in [-0.2, -0.15) is 4.98 Å². The van der Waals surface area contributed by atoms with Crippen LogP contribution in [-0.4, -0.2) is 30.3 Å². The zero-order valence-electron chi connectivity index (χ0n) is 12.4. The number of rotatable bonds is 5. The molecule has 0 aliphatic carbocycles. The van der Waals surface area contributed by atoms with Gasteiger partial charge < -0.3 is 19.3 Å². The largest absolute Gasteiger partial charge is 0.480 e. The van der Waals surface area contributed by atoms with Crippen molar-refractivity contribution in [2.75, 3.05) is 19.5 Å². The number of methoxy groups -OCH3 is 2. The normalized spacial score (nSPS) is 10.3. The van der Waals surface area contributed by atoms with Crippen molar-refractivity contribution in [3.63, 3.8) is 0 Å². The van der Waals surface area contributed by atoms with Crippen molar-refractivity contribution >= 4 is 11.8 Å². The van der Waals surface area contributed by atoms with Crippen molar-refractivity contribution in [1.29, 1.82) is 0 Å². The van der Waals surface area contributed by atoms with E-state index in [2.05, 4.69) is 20.2 Å². The Labute approximate surface area is 122 Å². The summed E-state index contributed by atoms with van der Waals surface area (Å²) >= 11 is 0. The molecule has 0 spiro atoms. The van der Waals surface area contributed by atoms with Crippen LogP contribution in [0.5, 0.6) is 5.88 Å². The maximum atomic E-state index is 11.6. The number of nitrogens with one attached hydrogen (secondary N) is 1. The number of nitrogens with zero attached hydrogens (tertiary/aromatic N) is 2. The Bertz CT molecular complexity index is 632. The molecule has 0 bridgehead atoms. The van der Waals surface area contributed by atoms with E-state index in [1.54, 1.807) is 12.1 Å². The van der Waals surface area contributed by atoms with Crippen LogP contribution >= 0.6 is 0 Å². The van der Waals surface area contributed by atoms with Crippen molar-refractivity contribution in [1.82, 2.24) is 10.1 Å². The standard InChI is InChI=1S/C14H17N3O4/c1-8-11(9(2)21-17-8)7-15-12-6-5-10(14(18)20-4)13(16-12)19-3/h5-6H,7H2,1-4H3,(H,15,16). The number of esters is 1. The number of anilines is 1. The minimum absolute atomic E-state index is 0.214. The van der Waals surface area contributed by atoms with Gasteiger partial charge in [0.15, 0.2) is 0 Å². The molecule has 21 heavy (non-hydrogen) atoms. The molecule has 2 aromatic heterocycles. The summed E-state index contributed by atoms with van der Waals surface area (Å²) in [5, 5.41) is 7.03. The van der Waals surface area contributed by atoms with E-state index in [4.69, 9.17) is 9.26 Å². The molecule has 0 unspecified atom stereocenters. The lowest BCUT2D eigenvalue weighted by atomic mass is 10.2. The molecule has 2 rings (SSSR count). The van der Waals surface area contributed by atoms with Gasteiger partial charge >= 0.3 is 5.97 Å². The van der Waals surface area contributed by atoms with Gasteiger partial charge in [0.05, 0.1) is 19.9 Å². The number of carbonyl (C=O) groups is 1. The molecule has 7 heteroatoms. The third kappa shape index (κ3) is 3.13. The van der Waals surface area contributed by atoms with Crippen LogP contribution in [0.2, 0.25) is 0 Å². The fraction of sp³-hybridized carbons (Fsp3) is 0.357. The number of pyridine rings is 1. The Balaban J connectivity index is 2.16. The molecule has 0 aliphatic rings. The van der Waals surface area contributed by atoms with Crippen LogP contribution in [0.25, 0.3) is 0 Å². The monoisotopic (exact) mass is 291 g/mol. The molecule has 0 aromatic carbocycles. The van der Waals surface area contributed by atoms with Crippen molar-refractivity contribution in [2.24, 2.45) is 0 Å². The first-order valence-electron chi connectivity index (χ1n) is 6.35. The van der Waals surface area contributed by atoms with Crippen LogP contribution in [0.1, 0.15) is 27.4 Å². The SMILES string of the molecule is COC(=O)c1ccc(NCc2c(C)noc2C)nc1OC.